The summed E-state index contributed by atoms with van der Waals surface area (Å²) in [6, 6.07) is 7.75. The van der Waals surface area contributed by atoms with Crippen LogP contribution < -0.4 is 21.1 Å². The number of ether oxygens (including phenoxy) is 1. The topological polar surface area (TPSA) is 133 Å². The zero-order valence-electron chi connectivity index (χ0n) is 21.0. The van der Waals surface area contributed by atoms with Crippen LogP contribution in [0.2, 0.25) is 0 Å². The lowest BCUT2D eigenvalue weighted by molar-refractivity contribution is -0.0948. The number of nitrogens with one attached hydrogen (secondary N) is 1. The van der Waals surface area contributed by atoms with Gasteiger partial charge in [-0.25, -0.2) is 8.42 Å². The van der Waals surface area contributed by atoms with Crippen molar-refractivity contribution in [2.45, 2.75) is 18.7 Å². The van der Waals surface area contributed by atoms with Crippen molar-refractivity contribution in [2.24, 2.45) is 5.41 Å². The standard InChI is InChI=1S/C25H30N4O7S/c1-16-7-8-19(36-16)29(13-25(2)14-35-15-25)21-20(23(31)24(21)32)26-17-5-4-6-18(22(17)30)37(33,34)28-11-9-27(3)10-12-28/h4-8,26,30H,9-15H2,1-3H3. The molecule has 3 heterocycles. The van der Waals surface area contributed by atoms with Crippen LogP contribution in [0.5, 0.6) is 5.75 Å². The van der Waals surface area contributed by atoms with E-state index < -0.39 is 26.6 Å². The molecule has 3 aromatic rings. The maximum atomic E-state index is 13.3. The third-order valence-electron chi connectivity index (χ3n) is 6.93. The number of hydrogen-bond acceptors (Lipinski definition) is 10. The summed E-state index contributed by atoms with van der Waals surface area (Å²) < 4.78 is 39.0. The molecule has 12 heteroatoms. The summed E-state index contributed by atoms with van der Waals surface area (Å²) in [5.41, 5.74) is -1.63. The molecule has 2 aromatic carbocycles. The molecule has 2 N–H and O–H groups in total. The van der Waals surface area contributed by atoms with E-state index >= 15 is 0 Å². The van der Waals surface area contributed by atoms with Crippen molar-refractivity contribution in [3.8, 4) is 5.75 Å². The lowest BCUT2D eigenvalue weighted by Gasteiger charge is -2.42. The monoisotopic (exact) mass is 530 g/mol. The van der Waals surface area contributed by atoms with Gasteiger partial charge in [-0.2, -0.15) is 4.31 Å². The molecule has 0 unspecified atom stereocenters. The summed E-state index contributed by atoms with van der Waals surface area (Å²) in [5.74, 6) is 0.527. The first-order valence-electron chi connectivity index (χ1n) is 12.0. The second-order valence-electron chi connectivity index (χ2n) is 10.1. The van der Waals surface area contributed by atoms with E-state index in [2.05, 4.69) is 5.32 Å². The molecule has 0 saturated carbocycles. The highest BCUT2D eigenvalue weighted by molar-refractivity contribution is 7.89. The Morgan fingerprint density at radius 1 is 1.08 bits per heavy atom. The number of anilines is 4. The SMILES string of the molecule is Cc1ccc(N(CC2(C)COC2)c2c(Nc3cccc(S(=O)(=O)N4CCN(C)CC4)c3O)c(=O)c2=O)o1. The average molecular weight is 531 g/mol. The fraction of sp³-hybridized carbons (Fsp3) is 0.440. The largest absolute Gasteiger partial charge is 0.504 e. The van der Waals surface area contributed by atoms with Gasteiger partial charge in [0.2, 0.25) is 10.0 Å². The summed E-state index contributed by atoms with van der Waals surface area (Å²) in [5, 5.41) is 13.8. The molecule has 0 aliphatic carbocycles. The van der Waals surface area contributed by atoms with Crippen LogP contribution in [0.15, 0.2) is 49.2 Å². The molecule has 2 aliphatic heterocycles. The molecule has 5 rings (SSSR count). The van der Waals surface area contributed by atoms with Gasteiger partial charge < -0.3 is 29.4 Å². The van der Waals surface area contributed by atoms with Crippen LogP contribution in [-0.4, -0.2) is 75.7 Å². The third-order valence-corrected chi connectivity index (χ3v) is 8.86. The van der Waals surface area contributed by atoms with Crippen molar-refractivity contribution in [1.82, 2.24) is 9.21 Å². The fourth-order valence-electron chi connectivity index (χ4n) is 4.64. The molecule has 0 radical (unpaired) electrons. The highest BCUT2D eigenvalue weighted by atomic mass is 32.2. The maximum absolute atomic E-state index is 13.3. The number of aromatic hydroxyl groups is 1. The molecule has 0 atom stereocenters. The van der Waals surface area contributed by atoms with Gasteiger partial charge in [0, 0.05) is 44.2 Å². The van der Waals surface area contributed by atoms with E-state index in [0.717, 1.165) is 0 Å². The van der Waals surface area contributed by atoms with Crippen LogP contribution in [0.1, 0.15) is 12.7 Å². The van der Waals surface area contributed by atoms with Crippen LogP contribution >= 0.6 is 0 Å². The van der Waals surface area contributed by atoms with Gasteiger partial charge in [-0.05, 0) is 32.2 Å². The summed E-state index contributed by atoms with van der Waals surface area (Å²) >= 11 is 0. The summed E-state index contributed by atoms with van der Waals surface area (Å²) in [6.45, 7) is 6.91. The number of phenolic OH excluding ortho intramolecular Hbond substituents is 1. The van der Waals surface area contributed by atoms with Gasteiger partial charge in [0.05, 0.1) is 18.9 Å². The third kappa shape index (κ3) is 4.54. The van der Waals surface area contributed by atoms with Crippen molar-refractivity contribution in [1.29, 1.82) is 0 Å². The van der Waals surface area contributed by atoms with Crippen molar-refractivity contribution in [2.75, 3.05) is 63.2 Å². The summed E-state index contributed by atoms with van der Waals surface area (Å²) in [6.07, 6.45) is 0. The van der Waals surface area contributed by atoms with E-state index in [9.17, 15) is 23.1 Å². The second-order valence-corrected chi connectivity index (χ2v) is 12.0. The Hall–Kier alpha value is -3.19. The predicted octanol–water partition coefficient (Wildman–Crippen LogP) is 1.74. The first-order chi connectivity index (χ1) is 17.5. The minimum Gasteiger partial charge on any atom is -0.504 e. The fourth-order valence-corrected chi connectivity index (χ4v) is 6.17. The number of nitrogens with zero attached hydrogens (tertiary/aromatic N) is 3. The Labute approximate surface area is 214 Å². The minimum atomic E-state index is -3.97. The van der Waals surface area contributed by atoms with Gasteiger partial charge >= 0.3 is 0 Å². The minimum absolute atomic E-state index is 0.0114. The first-order valence-corrected chi connectivity index (χ1v) is 13.5. The Balaban J connectivity index is 1.49. The zero-order chi connectivity index (χ0) is 26.5. The van der Waals surface area contributed by atoms with E-state index in [-0.39, 0.29) is 27.4 Å². The molecule has 1 aromatic heterocycles. The van der Waals surface area contributed by atoms with Gasteiger partial charge in [-0.1, -0.05) is 13.0 Å². The number of aryl methyl sites for hydroxylation is 1. The lowest BCUT2D eigenvalue weighted by atomic mass is 9.87. The van der Waals surface area contributed by atoms with Crippen LogP contribution in [0.25, 0.3) is 0 Å². The van der Waals surface area contributed by atoms with Crippen molar-refractivity contribution in [3.63, 3.8) is 0 Å². The van der Waals surface area contributed by atoms with Crippen molar-refractivity contribution < 1.29 is 22.7 Å². The Bertz CT molecular complexity index is 1490. The van der Waals surface area contributed by atoms with Gasteiger partial charge in [0.15, 0.2) is 11.6 Å². The number of benzene rings is 1. The summed E-state index contributed by atoms with van der Waals surface area (Å²) in [7, 11) is -2.05. The molecule has 0 spiro atoms. The smallest absolute Gasteiger partial charge is 0.253 e. The zero-order valence-corrected chi connectivity index (χ0v) is 21.8. The number of furan rings is 1. The number of sulfonamides is 1. The number of piperazine rings is 1. The number of para-hydroxylation sites is 1. The van der Waals surface area contributed by atoms with E-state index in [1.807, 2.05) is 18.9 Å². The van der Waals surface area contributed by atoms with Crippen LogP contribution in [0.3, 0.4) is 0 Å². The van der Waals surface area contributed by atoms with Gasteiger partial charge in [-0.3, -0.25) is 9.59 Å². The Morgan fingerprint density at radius 2 is 1.78 bits per heavy atom. The number of rotatable bonds is 8. The highest BCUT2D eigenvalue weighted by Crippen LogP contribution is 2.40. The Kier molecular flexibility index (Phi) is 6.39. The molecule has 2 aliphatic rings. The first kappa shape index (κ1) is 25.5. The molecule has 11 nitrogen and oxygen atoms in total. The predicted molar refractivity (Wildman–Crippen MR) is 138 cm³/mol. The van der Waals surface area contributed by atoms with Gasteiger partial charge in [0.1, 0.15) is 22.0 Å². The van der Waals surface area contributed by atoms with Crippen molar-refractivity contribution >= 4 is 33.0 Å². The quantitative estimate of drug-likeness (QED) is 0.328. The highest BCUT2D eigenvalue weighted by Gasteiger charge is 2.40. The van der Waals surface area contributed by atoms with Crippen LogP contribution in [0, 0.1) is 12.3 Å². The normalized spacial score (nSPS) is 18.6. The second kappa shape index (κ2) is 9.28. The molecule has 0 bridgehead atoms. The Morgan fingerprint density at radius 3 is 2.38 bits per heavy atom. The van der Waals surface area contributed by atoms with E-state index in [0.29, 0.717) is 57.6 Å². The molecule has 0 amide bonds. The van der Waals surface area contributed by atoms with Crippen LogP contribution in [-0.2, 0) is 14.8 Å². The summed E-state index contributed by atoms with van der Waals surface area (Å²) in [4.78, 5) is 28.9. The van der Waals surface area contributed by atoms with E-state index in [1.54, 1.807) is 24.0 Å². The average Bonchev–Trinajstić information content (AvgIpc) is 3.28. The van der Waals surface area contributed by atoms with Gasteiger partial charge in [0.25, 0.3) is 10.9 Å². The van der Waals surface area contributed by atoms with Gasteiger partial charge in [-0.15, -0.1) is 0 Å². The van der Waals surface area contributed by atoms with E-state index in [1.165, 1.54) is 22.5 Å². The number of likely N-dealkylation sites (N-methyl/N-ethyl adjacent to an activating group) is 1. The molecular formula is C25H30N4O7S. The molecule has 198 valence electrons. The van der Waals surface area contributed by atoms with Crippen LogP contribution in [0.4, 0.5) is 22.9 Å². The lowest BCUT2D eigenvalue weighted by Crippen LogP contribution is -2.50. The van der Waals surface area contributed by atoms with Crippen molar-refractivity contribution in [3.05, 3.63) is 56.5 Å². The number of hydrogen-bond donors (Lipinski definition) is 2. The number of phenols is 1. The molecule has 37 heavy (non-hydrogen) atoms. The molecule has 2 fully saturated rings. The van der Waals surface area contributed by atoms with E-state index in [4.69, 9.17) is 9.15 Å². The molecule has 2 saturated heterocycles. The maximum Gasteiger partial charge on any atom is 0.253 e. The molecular weight excluding hydrogens is 500 g/mol.